The van der Waals surface area contributed by atoms with Crippen LogP contribution < -0.4 is 5.32 Å². The van der Waals surface area contributed by atoms with E-state index >= 15 is 0 Å². The van der Waals surface area contributed by atoms with Crippen LogP contribution in [0.15, 0.2) is 17.6 Å². The fraction of sp³-hybridized carbons (Fsp3) is 0.500. The lowest BCUT2D eigenvalue weighted by atomic mass is 10.0. The molecule has 1 aliphatic rings. The molecule has 22 heavy (non-hydrogen) atoms. The number of piperidine rings is 1. The van der Waals surface area contributed by atoms with Crippen LogP contribution in [0.25, 0.3) is 5.13 Å². The van der Waals surface area contributed by atoms with Crippen LogP contribution in [0.3, 0.4) is 0 Å². The molecule has 3 rings (SSSR count). The molecule has 1 amide bonds. The minimum Gasteiger partial charge on any atom is -0.338 e. The van der Waals surface area contributed by atoms with Gasteiger partial charge in [-0.3, -0.25) is 9.36 Å². The van der Waals surface area contributed by atoms with E-state index in [4.69, 9.17) is 0 Å². The predicted molar refractivity (Wildman–Crippen MR) is 88.9 cm³/mol. The Bertz CT molecular complexity index is 654. The Hall–Kier alpha value is -1.66. The number of hydrogen-bond acceptors (Lipinski definition) is 4. The molecular formula is C16H22N4OS. The van der Waals surface area contributed by atoms with Gasteiger partial charge in [0.25, 0.3) is 5.91 Å². The Morgan fingerprint density at radius 3 is 2.68 bits per heavy atom. The van der Waals surface area contributed by atoms with E-state index in [0.29, 0.717) is 6.04 Å². The van der Waals surface area contributed by atoms with Gasteiger partial charge in [0.2, 0.25) is 0 Å². The van der Waals surface area contributed by atoms with Gasteiger partial charge in [0.05, 0.1) is 5.56 Å². The molecule has 118 valence electrons. The molecule has 0 aromatic carbocycles. The van der Waals surface area contributed by atoms with E-state index in [1.807, 2.05) is 37.2 Å². The number of nitrogens with zero attached hydrogens (tertiary/aromatic N) is 3. The molecule has 2 aromatic rings. The van der Waals surface area contributed by atoms with E-state index in [1.165, 1.54) is 0 Å². The Morgan fingerprint density at radius 2 is 2.09 bits per heavy atom. The summed E-state index contributed by atoms with van der Waals surface area (Å²) in [5.74, 6) is 0.144. The lowest BCUT2D eigenvalue weighted by molar-refractivity contribution is 0.0706. The van der Waals surface area contributed by atoms with Crippen molar-refractivity contribution in [3.63, 3.8) is 0 Å². The number of nitrogens with one attached hydrogen (secondary N) is 1. The van der Waals surface area contributed by atoms with Gasteiger partial charge in [0.15, 0.2) is 5.13 Å². The van der Waals surface area contributed by atoms with Crippen LogP contribution in [0, 0.1) is 13.8 Å². The van der Waals surface area contributed by atoms with Gasteiger partial charge in [-0.05, 0) is 39.8 Å². The Kier molecular flexibility index (Phi) is 4.31. The predicted octanol–water partition coefficient (Wildman–Crippen LogP) is 2.37. The van der Waals surface area contributed by atoms with Gasteiger partial charge in [0.1, 0.15) is 0 Å². The summed E-state index contributed by atoms with van der Waals surface area (Å²) < 4.78 is 2.07. The van der Waals surface area contributed by atoms with E-state index in [-0.39, 0.29) is 5.91 Å². The third-order valence-electron chi connectivity index (χ3n) is 4.46. The molecule has 1 saturated heterocycles. The molecule has 0 atom stereocenters. The van der Waals surface area contributed by atoms with Crippen LogP contribution in [0.2, 0.25) is 0 Å². The first-order valence-corrected chi connectivity index (χ1v) is 8.55. The average Bonchev–Trinajstić information content (AvgIpc) is 3.14. The highest BCUT2D eigenvalue weighted by molar-refractivity contribution is 7.12. The van der Waals surface area contributed by atoms with E-state index in [0.717, 1.165) is 48.0 Å². The maximum Gasteiger partial charge on any atom is 0.255 e. The lowest BCUT2D eigenvalue weighted by Crippen LogP contribution is -2.44. The minimum atomic E-state index is 0.144. The maximum atomic E-state index is 12.8. The van der Waals surface area contributed by atoms with Crippen LogP contribution in [-0.4, -0.2) is 46.5 Å². The van der Waals surface area contributed by atoms with Crippen molar-refractivity contribution in [2.45, 2.75) is 32.7 Å². The Labute approximate surface area is 135 Å². The smallest absolute Gasteiger partial charge is 0.255 e. The van der Waals surface area contributed by atoms with Gasteiger partial charge in [-0.15, -0.1) is 11.3 Å². The normalized spacial score (nSPS) is 16.2. The summed E-state index contributed by atoms with van der Waals surface area (Å²) >= 11 is 1.59. The van der Waals surface area contributed by atoms with Crippen LogP contribution in [0.5, 0.6) is 0 Å². The zero-order valence-corrected chi connectivity index (χ0v) is 14.1. The second-order valence-corrected chi connectivity index (χ2v) is 6.66. The molecule has 0 saturated carbocycles. The zero-order valence-electron chi connectivity index (χ0n) is 13.3. The largest absolute Gasteiger partial charge is 0.338 e. The minimum absolute atomic E-state index is 0.144. The summed E-state index contributed by atoms with van der Waals surface area (Å²) in [7, 11) is 1.99. The monoisotopic (exact) mass is 318 g/mol. The molecular weight excluding hydrogens is 296 g/mol. The van der Waals surface area contributed by atoms with Crippen LogP contribution in [-0.2, 0) is 0 Å². The molecule has 5 nitrogen and oxygen atoms in total. The van der Waals surface area contributed by atoms with E-state index < -0.39 is 0 Å². The molecule has 0 aliphatic carbocycles. The quantitative estimate of drug-likeness (QED) is 0.945. The zero-order chi connectivity index (χ0) is 15.7. The summed E-state index contributed by atoms with van der Waals surface area (Å²) in [6, 6.07) is 2.52. The number of aryl methyl sites for hydroxylation is 1. The topological polar surface area (TPSA) is 50.2 Å². The highest BCUT2D eigenvalue weighted by atomic mass is 32.1. The van der Waals surface area contributed by atoms with Crippen molar-refractivity contribution in [1.29, 1.82) is 0 Å². The number of amides is 1. The maximum absolute atomic E-state index is 12.8. The van der Waals surface area contributed by atoms with Gasteiger partial charge in [-0.25, -0.2) is 4.98 Å². The molecule has 1 aliphatic heterocycles. The average molecular weight is 318 g/mol. The number of carbonyl (C=O) groups excluding carboxylic acids is 1. The summed E-state index contributed by atoms with van der Waals surface area (Å²) in [4.78, 5) is 19.2. The van der Waals surface area contributed by atoms with Crippen molar-refractivity contribution >= 4 is 17.2 Å². The molecule has 2 aromatic heterocycles. The van der Waals surface area contributed by atoms with Crippen molar-refractivity contribution in [1.82, 2.24) is 19.8 Å². The van der Waals surface area contributed by atoms with E-state index in [9.17, 15) is 4.79 Å². The third kappa shape index (κ3) is 2.68. The molecule has 6 heteroatoms. The molecule has 3 heterocycles. The van der Waals surface area contributed by atoms with E-state index in [2.05, 4.69) is 14.9 Å². The molecule has 0 spiro atoms. The summed E-state index contributed by atoms with van der Waals surface area (Å²) in [5.41, 5.74) is 2.84. The highest BCUT2D eigenvalue weighted by Crippen LogP contribution is 2.24. The third-order valence-corrected chi connectivity index (χ3v) is 5.22. The van der Waals surface area contributed by atoms with Crippen molar-refractivity contribution in [3.8, 4) is 5.13 Å². The van der Waals surface area contributed by atoms with Gasteiger partial charge >= 0.3 is 0 Å². The highest BCUT2D eigenvalue weighted by Gasteiger charge is 2.26. The van der Waals surface area contributed by atoms with Gasteiger partial charge in [0, 0.05) is 42.1 Å². The van der Waals surface area contributed by atoms with E-state index in [1.54, 1.807) is 17.5 Å². The van der Waals surface area contributed by atoms with Crippen molar-refractivity contribution in [3.05, 3.63) is 34.6 Å². The number of aromatic nitrogens is 2. The number of hydrogen-bond donors (Lipinski definition) is 1. The number of thiazole rings is 1. The molecule has 1 N–H and O–H groups in total. The number of rotatable bonds is 3. The Balaban J connectivity index is 1.84. The summed E-state index contributed by atoms with van der Waals surface area (Å²) in [6.07, 6.45) is 3.84. The van der Waals surface area contributed by atoms with Gasteiger partial charge in [-0.1, -0.05) is 0 Å². The molecule has 0 unspecified atom stereocenters. The fourth-order valence-corrected chi connectivity index (χ4v) is 3.89. The van der Waals surface area contributed by atoms with Crippen molar-refractivity contribution in [2.24, 2.45) is 0 Å². The van der Waals surface area contributed by atoms with Crippen LogP contribution in [0.4, 0.5) is 0 Å². The van der Waals surface area contributed by atoms with Gasteiger partial charge in [-0.2, -0.15) is 0 Å². The van der Waals surface area contributed by atoms with Crippen LogP contribution in [0.1, 0.15) is 34.6 Å². The first kappa shape index (κ1) is 15.2. The standard InChI is InChI=1S/C16H22N4OS/c1-11-10-14(12(2)20(11)16-18-6-9-22-16)15(21)19-7-4-13(17-3)5-8-19/h6,9-10,13,17H,4-5,7-8H2,1-3H3. The Morgan fingerprint density at radius 1 is 1.36 bits per heavy atom. The first-order chi connectivity index (χ1) is 10.6. The second-order valence-electron chi connectivity index (χ2n) is 5.79. The number of carbonyl (C=O) groups is 1. The van der Waals surface area contributed by atoms with Crippen molar-refractivity contribution in [2.75, 3.05) is 20.1 Å². The number of likely N-dealkylation sites (tertiary alicyclic amines) is 1. The first-order valence-electron chi connectivity index (χ1n) is 7.67. The summed E-state index contributed by atoms with van der Waals surface area (Å²) in [6.45, 7) is 5.68. The van der Waals surface area contributed by atoms with Crippen LogP contribution >= 0.6 is 11.3 Å². The molecule has 0 radical (unpaired) electrons. The fourth-order valence-electron chi connectivity index (χ4n) is 3.14. The van der Waals surface area contributed by atoms with Crippen molar-refractivity contribution < 1.29 is 4.79 Å². The van der Waals surface area contributed by atoms with Gasteiger partial charge < -0.3 is 10.2 Å². The lowest BCUT2D eigenvalue weighted by Gasteiger charge is -2.31. The SMILES string of the molecule is CNC1CCN(C(=O)c2cc(C)n(-c3nccs3)c2C)CC1. The molecule has 1 fully saturated rings. The summed E-state index contributed by atoms with van der Waals surface area (Å²) in [5, 5.41) is 6.17. The second kappa shape index (κ2) is 6.22. The molecule has 0 bridgehead atoms.